The van der Waals surface area contributed by atoms with Gasteiger partial charge in [0.15, 0.2) is 5.60 Å². The highest BCUT2D eigenvalue weighted by Gasteiger charge is 2.50. The zero-order valence-corrected chi connectivity index (χ0v) is 13.0. The highest BCUT2D eigenvalue weighted by molar-refractivity contribution is 5.84. The summed E-state index contributed by atoms with van der Waals surface area (Å²) in [4.78, 5) is 11.6. The fourth-order valence-electron chi connectivity index (χ4n) is 2.59. The van der Waals surface area contributed by atoms with E-state index in [0.29, 0.717) is 6.21 Å². The number of carbonyl (C=O) groups is 1. The lowest BCUT2D eigenvalue weighted by atomic mass is 9.86. The van der Waals surface area contributed by atoms with Crippen molar-refractivity contribution in [3.63, 3.8) is 0 Å². The Morgan fingerprint density at radius 2 is 2.08 bits per heavy atom. The van der Waals surface area contributed by atoms with Crippen LogP contribution in [0.2, 0.25) is 0 Å². The molecule has 6 nitrogen and oxygen atoms in total. The predicted octanol–water partition coefficient (Wildman–Crippen LogP) is 1.52. The van der Waals surface area contributed by atoms with Crippen molar-refractivity contribution < 1.29 is 27.5 Å². The molecule has 0 fully saturated rings. The van der Waals surface area contributed by atoms with Crippen LogP contribution >= 0.6 is 0 Å². The molecule has 3 N–H and O–H groups in total. The highest BCUT2D eigenvalue weighted by atomic mass is 19.4. The van der Waals surface area contributed by atoms with E-state index in [-0.39, 0.29) is 0 Å². The number of alkyl halides is 4. The molecular formula is C15H14F4N4O2. The van der Waals surface area contributed by atoms with E-state index >= 15 is 0 Å². The number of aliphatic hydroxyl groups is 1. The van der Waals surface area contributed by atoms with Crippen molar-refractivity contribution in [1.29, 1.82) is 5.26 Å². The molecule has 0 bridgehead atoms. The van der Waals surface area contributed by atoms with Crippen LogP contribution < -0.4 is 5.73 Å². The molecule has 3 unspecified atom stereocenters. The fraction of sp³-hybridized carbons (Fsp3) is 0.400. The summed E-state index contributed by atoms with van der Waals surface area (Å²) < 4.78 is 54.1. The van der Waals surface area contributed by atoms with Crippen LogP contribution in [0.15, 0.2) is 29.4 Å². The van der Waals surface area contributed by atoms with Gasteiger partial charge in [-0.05, 0) is 18.6 Å². The lowest BCUT2D eigenvalue weighted by Gasteiger charge is -2.37. The van der Waals surface area contributed by atoms with Gasteiger partial charge in [0.25, 0.3) is 11.6 Å². The quantitative estimate of drug-likeness (QED) is 0.797. The van der Waals surface area contributed by atoms with E-state index in [9.17, 15) is 27.5 Å². The Kier molecular flexibility index (Phi) is 4.48. The van der Waals surface area contributed by atoms with Gasteiger partial charge in [0.1, 0.15) is 12.1 Å². The molecule has 1 aliphatic heterocycles. The molecule has 2 rings (SSSR count). The third-order valence-corrected chi connectivity index (χ3v) is 3.88. The maximum atomic E-state index is 14.1. The van der Waals surface area contributed by atoms with Crippen molar-refractivity contribution in [1.82, 2.24) is 5.01 Å². The van der Waals surface area contributed by atoms with Crippen molar-refractivity contribution in [3.05, 3.63) is 35.4 Å². The number of nitriles is 1. The second-order valence-corrected chi connectivity index (χ2v) is 5.82. The van der Waals surface area contributed by atoms with Gasteiger partial charge in [-0.2, -0.15) is 23.5 Å². The Bertz CT molecular complexity index is 757. The number of benzene rings is 1. The second kappa shape index (κ2) is 6.00. The van der Waals surface area contributed by atoms with Crippen LogP contribution in [-0.4, -0.2) is 40.1 Å². The van der Waals surface area contributed by atoms with Gasteiger partial charge >= 0.3 is 6.18 Å². The van der Waals surface area contributed by atoms with Crippen LogP contribution in [0.5, 0.6) is 0 Å². The molecule has 1 aliphatic rings. The normalized spacial score (nSPS) is 23.8. The van der Waals surface area contributed by atoms with Gasteiger partial charge in [-0.3, -0.25) is 9.80 Å². The molecule has 0 spiro atoms. The SMILES string of the molecule is CC(O)(C(N)=O)C(c1ccccc1C(F)(F)F)N1CC(F)(C#N)C=N1. The summed E-state index contributed by atoms with van der Waals surface area (Å²) in [7, 11) is 0. The largest absolute Gasteiger partial charge is 0.416 e. The number of primary amides is 1. The monoisotopic (exact) mass is 358 g/mol. The summed E-state index contributed by atoms with van der Waals surface area (Å²) in [6.45, 7) is 0.150. The van der Waals surface area contributed by atoms with Crippen LogP contribution in [0.3, 0.4) is 0 Å². The minimum Gasteiger partial charge on any atom is -0.378 e. The van der Waals surface area contributed by atoms with Gasteiger partial charge in [-0.15, -0.1) is 0 Å². The molecule has 0 saturated heterocycles. The maximum Gasteiger partial charge on any atom is 0.416 e. The van der Waals surface area contributed by atoms with Gasteiger partial charge in [-0.25, -0.2) is 4.39 Å². The van der Waals surface area contributed by atoms with Crippen molar-refractivity contribution in [2.24, 2.45) is 10.8 Å². The molecule has 1 aromatic rings. The van der Waals surface area contributed by atoms with Crippen LogP contribution in [0.25, 0.3) is 0 Å². The molecule has 3 atom stereocenters. The summed E-state index contributed by atoms with van der Waals surface area (Å²) in [5.41, 5.74) is -1.59. The van der Waals surface area contributed by atoms with Crippen molar-refractivity contribution in [3.8, 4) is 6.07 Å². The van der Waals surface area contributed by atoms with E-state index in [1.807, 2.05) is 0 Å². The average molecular weight is 358 g/mol. The molecule has 1 heterocycles. The number of hydrogen-bond acceptors (Lipinski definition) is 5. The Morgan fingerprint density at radius 3 is 2.56 bits per heavy atom. The topological polar surface area (TPSA) is 103 Å². The summed E-state index contributed by atoms with van der Waals surface area (Å²) in [5, 5.41) is 23.6. The molecule has 0 aromatic heterocycles. The van der Waals surface area contributed by atoms with Gasteiger partial charge in [0.2, 0.25) is 0 Å². The summed E-state index contributed by atoms with van der Waals surface area (Å²) in [6, 6.07) is 3.76. The Balaban J connectivity index is 2.62. The first-order valence-electron chi connectivity index (χ1n) is 7.03. The second-order valence-electron chi connectivity index (χ2n) is 5.82. The molecule has 0 aliphatic carbocycles. The summed E-state index contributed by atoms with van der Waals surface area (Å²) in [5.74, 6) is -1.32. The van der Waals surface area contributed by atoms with Crippen LogP contribution in [0.1, 0.15) is 24.1 Å². The molecule has 0 saturated carbocycles. The number of hydrogen-bond donors (Lipinski definition) is 2. The Hall–Kier alpha value is -2.67. The van der Waals surface area contributed by atoms with Crippen LogP contribution in [0, 0.1) is 11.3 Å². The summed E-state index contributed by atoms with van der Waals surface area (Å²) >= 11 is 0. The Labute approximate surface area is 140 Å². The van der Waals surface area contributed by atoms with E-state index in [1.54, 1.807) is 0 Å². The van der Waals surface area contributed by atoms with E-state index in [0.717, 1.165) is 30.1 Å². The first-order valence-corrected chi connectivity index (χ1v) is 7.03. The van der Waals surface area contributed by atoms with E-state index in [1.165, 1.54) is 12.1 Å². The molecule has 134 valence electrons. The van der Waals surface area contributed by atoms with Crippen molar-refractivity contribution in [2.75, 3.05) is 6.54 Å². The molecule has 0 radical (unpaired) electrons. The third-order valence-electron chi connectivity index (χ3n) is 3.88. The number of nitrogens with two attached hydrogens (primary N) is 1. The van der Waals surface area contributed by atoms with Gasteiger partial charge in [0.05, 0.1) is 18.3 Å². The lowest BCUT2D eigenvalue weighted by molar-refractivity contribution is -0.147. The molecule has 25 heavy (non-hydrogen) atoms. The number of amides is 1. The van der Waals surface area contributed by atoms with E-state index in [4.69, 9.17) is 11.0 Å². The smallest absolute Gasteiger partial charge is 0.378 e. The zero-order chi connectivity index (χ0) is 19.0. The minimum atomic E-state index is -4.80. The molecular weight excluding hydrogens is 344 g/mol. The lowest BCUT2D eigenvalue weighted by Crippen LogP contribution is -2.52. The highest BCUT2D eigenvalue weighted by Crippen LogP contribution is 2.42. The first-order chi connectivity index (χ1) is 11.4. The fourth-order valence-corrected chi connectivity index (χ4v) is 2.59. The number of nitrogens with zero attached hydrogens (tertiary/aromatic N) is 3. The maximum absolute atomic E-state index is 14.1. The van der Waals surface area contributed by atoms with E-state index < -0.39 is 47.1 Å². The molecule has 1 aromatic carbocycles. The standard InChI is InChI=1S/C15H14F4N4O2/c1-13(25,12(21)24)11(23-8-14(16,6-20)7-22-23)9-4-2-3-5-10(9)15(17,18)19/h2-5,7,11,25H,8H2,1H3,(H2,21,24). The van der Waals surface area contributed by atoms with Gasteiger partial charge in [-0.1, -0.05) is 18.2 Å². The van der Waals surface area contributed by atoms with Crippen molar-refractivity contribution >= 4 is 12.1 Å². The number of halogens is 4. The molecule has 10 heteroatoms. The third kappa shape index (κ3) is 3.41. The van der Waals surface area contributed by atoms with Crippen LogP contribution in [0.4, 0.5) is 17.6 Å². The minimum absolute atomic E-state index is 0.516. The Morgan fingerprint density at radius 1 is 1.48 bits per heavy atom. The average Bonchev–Trinajstić information content (AvgIpc) is 2.89. The number of rotatable bonds is 4. The first kappa shape index (κ1) is 18.7. The van der Waals surface area contributed by atoms with Crippen LogP contribution in [-0.2, 0) is 11.0 Å². The van der Waals surface area contributed by atoms with Gasteiger partial charge < -0.3 is 10.8 Å². The number of carbonyl (C=O) groups excluding carboxylic acids is 1. The molecule has 1 amide bonds. The summed E-state index contributed by atoms with van der Waals surface area (Å²) in [6.07, 6.45) is -4.19. The van der Waals surface area contributed by atoms with Crippen molar-refractivity contribution in [2.45, 2.75) is 30.4 Å². The number of hydrazone groups is 1. The van der Waals surface area contributed by atoms with Gasteiger partial charge in [0, 0.05) is 0 Å². The zero-order valence-electron chi connectivity index (χ0n) is 13.0. The predicted molar refractivity (Wildman–Crippen MR) is 78.7 cm³/mol. The van der Waals surface area contributed by atoms with E-state index in [2.05, 4.69) is 5.10 Å².